The molecule has 1 saturated heterocycles. The highest BCUT2D eigenvalue weighted by Gasteiger charge is 2.42. The van der Waals surface area contributed by atoms with Gasteiger partial charge in [-0.1, -0.05) is 20.3 Å². The van der Waals surface area contributed by atoms with E-state index in [4.69, 9.17) is 0 Å². The van der Waals surface area contributed by atoms with E-state index in [2.05, 4.69) is 18.7 Å². The van der Waals surface area contributed by atoms with Crippen molar-refractivity contribution < 1.29 is 5.11 Å². The smallest absolute Gasteiger partial charge is 0.0695 e. The van der Waals surface area contributed by atoms with Crippen molar-refractivity contribution in [2.75, 3.05) is 13.1 Å². The molecular formula is C16H29NO. The number of aliphatic hydroxyl groups excluding tert-OH is 1. The molecule has 2 aliphatic carbocycles. The molecule has 2 heteroatoms. The van der Waals surface area contributed by atoms with Crippen LogP contribution in [-0.2, 0) is 0 Å². The Morgan fingerprint density at radius 1 is 1.00 bits per heavy atom. The van der Waals surface area contributed by atoms with Crippen LogP contribution in [0.3, 0.4) is 0 Å². The van der Waals surface area contributed by atoms with Crippen LogP contribution in [-0.4, -0.2) is 35.2 Å². The van der Waals surface area contributed by atoms with Gasteiger partial charge in [0.15, 0.2) is 0 Å². The summed E-state index contributed by atoms with van der Waals surface area (Å²) in [5, 5.41) is 10.4. The van der Waals surface area contributed by atoms with Crippen LogP contribution in [0.5, 0.6) is 0 Å². The van der Waals surface area contributed by atoms with Gasteiger partial charge in [0.05, 0.1) is 6.10 Å². The zero-order valence-corrected chi connectivity index (χ0v) is 12.0. The average Bonchev–Trinajstić information content (AvgIpc) is 2.89. The highest BCUT2D eigenvalue weighted by Crippen LogP contribution is 2.41. The molecule has 3 fully saturated rings. The summed E-state index contributed by atoms with van der Waals surface area (Å²) in [6.45, 7) is 7.24. The van der Waals surface area contributed by atoms with E-state index in [-0.39, 0.29) is 6.10 Å². The molecular weight excluding hydrogens is 222 g/mol. The molecule has 5 unspecified atom stereocenters. The van der Waals surface area contributed by atoms with Crippen LogP contribution < -0.4 is 0 Å². The Balaban J connectivity index is 1.63. The Morgan fingerprint density at radius 2 is 1.67 bits per heavy atom. The van der Waals surface area contributed by atoms with Crippen molar-refractivity contribution in [1.29, 1.82) is 0 Å². The molecule has 0 aromatic carbocycles. The van der Waals surface area contributed by atoms with Gasteiger partial charge in [0.1, 0.15) is 0 Å². The van der Waals surface area contributed by atoms with Crippen molar-refractivity contribution in [3.05, 3.63) is 0 Å². The van der Waals surface area contributed by atoms with E-state index in [1.165, 1.54) is 45.2 Å². The Kier molecular flexibility index (Phi) is 3.68. The second kappa shape index (κ2) is 5.13. The van der Waals surface area contributed by atoms with Crippen LogP contribution in [0, 0.1) is 23.7 Å². The topological polar surface area (TPSA) is 23.5 Å². The highest BCUT2D eigenvalue weighted by atomic mass is 16.3. The lowest BCUT2D eigenvalue weighted by atomic mass is 9.77. The standard InChI is InChI=1S/C16H29NO/c1-11(2)12-6-7-16(18)15(8-12)17-9-13-4-3-5-14(13)10-17/h11-16,18H,3-10H2,1-2H3. The first-order chi connectivity index (χ1) is 8.65. The second-order valence-electron chi connectivity index (χ2n) is 7.36. The lowest BCUT2D eigenvalue weighted by molar-refractivity contribution is 0.00209. The van der Waals surface area contributed by atoms with Crippen molar-refractivity contribution in [3.63, 3.8) is 0 Å². The summed E-state index contributed by atoms with van der Waals surface area (Å²) in [6, 6.07) is 0.469. The van der Waals surface area contributed by atoms with E-state index in [0.717, 1.165) is 30.1 Å². The van der Waals surface area contributed by atoms with Gasteiger partial charge in [0, 0.05) is 19.1 Å². The summed E-state index contributed by atoms with van der Waals surface area (Å²) >= 11 is 0. The van der Waals surface area contributed by atoms with Crippen molar-refractivity contribution in [3.8, 4) is 0 Å². The predicted octanol–water partition coefficient (Wildman–Crippen LogP) is 2.90. The van der Waals surface area contributed by atoms with Crippen LogP contribution in [0.1, 0.15) is 52.4 Å². The molecule has 3 rings (SSSR count). The van der Waals surface area contributed by atoms with Gasteiger partial charge in [0.2, 0.25) is 0 Å². The molecule has 0 radical (unpaired) electrons. The van der Waals surface area contributed by atoms with Crippen molar-refractivity contribution in [2.45, 2.75) is 64.5 Å². The normalized spacial score (nSPS) is 45.7. The molecule has 2 saturated carbocycles. The summed E-state index contributed by atoms with van der Waals surface area (Å²) in [4.78, 5) is 2.65. The minimum atomic E-state index is -0.0566. The maximum Gasteiger partial charge on any atom is 0.0695 e. The first-order valence-corrected chi connectivity index (χ1v) is 8.07. The molecule has 0 spiro atoms. The fourth-order valence-electron chi connectivity index (χ4n) is 4.70. The van der Waals surface area contributed by atoms with Gasteiger partial charge >= 0.3 is 0 Å². The molecule has 0 bridgehead atoms. The van der Waals surface area contributed by atoms with E-state index in [0.29, 0.717) is 6.04 Å². The monoisotopic (exact) mass is 251 g/mol. The second-order valence-corrected chi connectivity index (χ2v) is 7.36. The molecule has 1 aliphatic heterocycles. The van der Waals surface area contributed by atoms with E-state index >= 15 is 0 Å². The Hall–Kier alpha value is -0.0800. The van der Waals surface area contributed by atoms with Gasteiger partial charge in [-0.25, -0.2) is 0 Å². The summed E-state index contributed by atoms with van der Waals surface area (Å²) < 4.78 is 0. The van der Waals surface area contributed by atoms with Crippen LogP contribution in [0.4, 0.5) is 0 Å². The number of aliphatic hydroxyl groups is 1. The molecule has 0 aromatic rings. The lowest BCUT2D eigenvalue weighted by Crippen LogP contribution is -2.47. The SMILES string of the molecule is CC(C)C1CCC(O)C(N2CC3CCCC3C2)C1. The number of fused-ring (bicyclic) bond motifs is 1. The number of hydrogen-bond donors (Lipinski definition) is 1. The van der Waals surface area contributed by atoms with Gasteiger partial charge < -0.3 is 5.11 Å². The predicted molar refractivity (Wildman–Crippen MR) is 74.4 cm³/mol. The maximum atomic E-state index is 10.4. The minimum Gasteiger partial charge on any atom is -0.391 e. The van der Waals surface area contributed by atoms with Gasteiger partial charge in [-0.05, 0) is 55.8 Å². The van der Waals surface area contributed by atoms with E-state index in [1.54, 1.807) is 0 Å². The van der Waals surface area contributed by atoms with Crippen molar-refractivity contribution in [2.24, 2.45) is 23.7 Å². The van der Waals surface area contributed by atoms with Crippen LogP contribution in [0.2, 0.25) is 0 Å². The Bertz CT molecular complexity index is 279. The Labute approximate surface area is 112 Å². The molecule has 2 nitrogen and oxygen atoms in total. The van der Waals surface area contributed by atoms with E-state index < -0.39 is 0 Å². The van der Waals surface area contributed by atoms with Gasteiger partial charge in [-0.3, -0.25) is 4.90 Å². The van der Waals surface area contributed by atoms with Crippen LogP contribution in [0.15, 0.2) is 0 Å². The molecule has 0 aromatic heterocycles. The third kappa shape index (κ3) is 2.34. The third-order valence-electron chi connectivity index (χ3n) is 5.99. The van der Waals surface area contributed by atoms with Gasteiger partial charge in [-0.2, -0.15) is 0 Å². The lowest BCUT2D eigenvalue weighted by Gasteiger charge is -2.40. The molecule has 18 heavy (non-hydrogen) atoms. The number of nitrogens with zero attached hydrogens (tertiary/aromatic N) is 1. The molecule has 1 heterocycles. The first kappa shape index (κ1) is 12.9. The molecule has 3 aliphatic rings. The zero-order chi connectivity index (χ0) is 12.7. The minimum absolute atomic E-state index is 0.0566. The number of hydrogen-bond acceptors (Lipinski definition) is 2. The van der Waals surface area contributed by atoms with Gasteiger partial charge in [-0.15, -0.1) is 0 Å². The fraction of sp³-hybridized carbons (Fsp3) is 1.00. The summed E-state index contributed by atoms with van der Waals surface area (Å²) in [7, 11) is 0. The van der Waals surface area contributed by atoms with E-state index in [9.17, 15) is 5.11 Å². The summed E-state index contributed by atoms with van der Waals surface area (Å²) in [6.07, 6.45) is 7.77. The number of likely N-dealkylation sites (tertiary alicyclic amines) is 1. The van der Waals surface area contributed by atoms with Crippen LogP contribution >= 0.6 is 0 Å². The largest absolute Gasteiger partial charge is 0.391 e. The fourth-order valence-corrected chi connectivity index (χ4v) is 4.70. The first-order valence-electron chi connectivity index (χ1n) is 8.07. The van der Waals surface area contributed by atoms with Crippen LogP contribution in [0.25, 0.3) is 0 Å². The van der Waals surface area contributed by atoms with E-state index in [1.807, 2.05) is 0 Å². The maximum absolute atomic E-state index is 10.4. The third-order valence-corrected chi connectivity index (χ3v) is 5.99. The molecule has 1 N–H and O–H groups in total. The summed E-state index contributed by atoms with van der Waals surface area (Å²) in [5.41, 5.74) is 0. The van der Waals surface area contributed by atoms with Crippen molar-refractivity contribution in [1.82, 2.24) is 4.90 Å². The highest BCUT2D eigenvalue weighted by molar-refractivity contribution is 4.95. The Morgan fingerprint density at radius 3 is 2.28 bits per heavy atom. The summed E-state index contributed by atoms with van der Waals surface area (Å²) in [5.74, 6) is 3.52. The van der Waals surface area contributed by atoms with Crippen molar-refractivity contribution >= 4 is 0 Å². The molecule has 0 amide bonds. The number of rotatable bonds is 2. The zero-order valence-electron chi connectivity index (χ0n) is 12.0. The molecule has 5 atom stereocenters. The van der Waals surface area contributed by atoms with Gasteiger partial charge in [0.25, 0.3) is 0 Å². The quantitative estimate of drug-likeness (QED) is 0.815. The molecule has 104 valence electrons. The average molecular weight is 251 g/mol.